The van der Waals surface area contributed by atoms with Gasteiger partial charge < -0.3 is 28.8 Å². The monoisotopic (exact) mass is 536 g/mol. The summed E-state index contributed by atoms with van der Waals surface area (Å²) in [6, 6.07) is 29.4. The minimum Gasteiger partial charge on any atom is -0.466 e. The van der Waals surface area contributed by atoms with E-state index in [0.717, 1.165) is 28.5 Å². The van der Waals surface area contributed by atoms with Gasteiger partial charge in [0.05, 0.1) is 33.0 Å². The molecule has 0 amide bonds. The SMILES string of the molecule is COC(=O)C1(O)SCC2OC1C(OCc1ccccc1)C(OCc1ccccc1)C2OCc1ccccc1. The molecule has 0 radical (unpaired) electrons. The number of fused-ring (bicyclic) bond motifs is 2. The van der Waals surface area contributed by atoms with Gasteiger partial charge in [-0.1, -0.05) is 91.0 Å². The molecule has 2 saturated heterocycles. The number of methoxy groups -OCH3 is 1. The third kappa shape index (κ3) is 5.96. The number of ether oxygens (including phenoxy) is 5. The average Bonchev–Trinajstić information content (AvgIpc) is 2.97. The molecule has 5 rings (SSSR count). The topological polar surface area (TPSA) is 83.5 Å². The Morgan fingerprint density at radius 1 is 0.789 bits per heavy atom. The molecule has 3 aromatic carbocycles. The molecule has 3 aromatic rings. The van der Waals surface area contributed by atoms with Gasteiger partial charge in [0.15, 0.2) is 0 Å². The summed E-state index contributed by atoms with van der Waals surface area (Å²) < 4.78 is 30.7. The number of aliphatic hydroxyl groups is 1. The van der Waals surface area contributed by atoms with E-state index in [9.17, 15) is 9.90 Å². The third-order valence-corrected chi connectivity index (χ3v) is 8.16. The van der Waals surface area contributed by atoms with E-state index in [1.165, 1.54) is 7.11 Å². The van der Waals surface area contributed by atoms with Crippen molar-refractivity contribution in [2.75, 3.05) is 12.9 Å². The Morgan fingerprint density at radius 3 is 1.71 bits per heavy atom. The summed E-state index contributed by atoms with van der Waals surface area (Å²) in [6.45, 7) is 0.915. The van der Waals surface area contributed by atoms with Crippen LogP contribution in [0.25, 0.3) is 0 Å². The smallest absolute Gasteiger partial charge is 0.351 e. The Kier molecular flexibility index (Phi) is 8.79. The number of rotatable bonds is 10. The van der Waals surface area contributed by atoms with Crippen LogP contribution in [-0.2, 0) is 48.3 Å². The molecular weight excluding hydrogens is 504 g/mol. The van der Waals surface area contributed by atoms with Gasteiger partial charge in [-0.15, -0.1) is 11.8 Å². The van der Waals surface area contributed by atoms with Gasteiger partial charge in [0.25, 0.3) is 0 Å². The molecule has 6 unspecified atom stereocenters. The number of benzene rings is 3. The largest absolute Gasteiger partial charge is 0.466 e. The van der Waals surface area contributed by atoms with Gasteiger partial charge in [-0.25, -0.2) is 4.79 Å². The maximum atomic E-state index is 12.8. The van der Waals surface area contributed by atoms with Gasteiger partial charge in [0.1, 0.15) is 24.4 Å². The molecule has 0 aromatic heterocycles. The van der Waals surface area contributed by atoms with Crippen molar-refractivity contribution in [3.05, 3.63) is 108 Å². The molecule has 2 aliphatic heterocycles. The fraction of sp³-hybridized carbons (Fsp3) is 0.367. The Balaban J connectivity index is 1.46. The number of esters is 1. The van der Waals surface area contributed by atoms with E-state index in [-0.39, 0.29) is 6.61 Å². The lowest BCUT2D eigenvalue weighted by Gasteiger charge is -2.52. The van der Waals surface area contributed by atoms with Gasteiger partial charge in [0, 0.05) is 5.75 Å². The summed E-state index contributed by atoms with van der Waals surface area (Å²) in [6.07, 6.45) is -3.36. The first kappa shape index (κ1) is 26.9. The van der Waals surface area contributed by atoms with E-state index in [1.54, 1.807) is 0 Å². The van der Waals surface area contributed by atoms with Crippen LogP contribution in [0.1, 0.15) is 16.7 Å². The van der Waals surface area contributed by atoms with E-state index in [0.29, 0.717) is 19.0 Å². The summed E-state index contributed by atoms with van der Waals surface area (Å²) >= 11 is 1.10. The molecule has 8 heteroatoms. The Bertz CT molecular complexity index is 1160. The zero-order valence-electron chi connectivity index (χ0n) is 21.2. The molecule has 2 fully saturated rings. The van der Waals surface area contributed by atoms with Gasteiger partial charge in [-0.3, -0.25) is 0 Å². The van der Waals surface area contributed by atoms with Gasteiger partial charge in [0.2, 0.25) is 4.93 Å². The summed E-state index contributed by atoms with van der Waals surface area (Å²) in [7, 11) is 1.25. The zero-order chi connectivity index (χ0) is 26.4. The van der Waals surface area contributed by atoms with Crippen LogP contribution in [0.3, 0.4) is 0 Å². The molecule has 200 valence electrons. The number of carbonyl (C=O) groups is 1. The van der Waals surface area contributed by atoms with Crippen LogP contribution in [0.2, 0.25) is 0 Å². The summed E-state index contributed by atoms with van der Waals surface area (Å²) in [5.74, 6) is -0.442. The van der Waals surface area contributed by atoms with Crippen molar-refractivity contribution in [3.8, 4) is 0 Å². The van der Waals surface area contributed by atoms with Crippen LogP contribution in [0.15, 0.2) is 91.0 Å². The molecule has 2 aliphatic rings. The second kappa shape index (κ2) is 12.4. The van der Waals surface area contributed by atoms with Crippen molar-refractivity contribution in [1.82, 2.24) is 0 Å². The maximum absolute atomic E-state index is 12.8. The van der Waals surface area contributed by atoms with Crippen molar-refractivity contribution >= 4 is 17.7 Å². The minimum absolute atomic E-state index is 0.245. The van der Waals surface area contributed by atoms with E-state index in [1.807, 2.05) is 91.0 Å². The predicted octanol–water partition coefficient (Wildman–Crippen LogP) is 4.12. The number of hydrogen-bond acceptors (Lipinski definition) is 8. The Morgan fingerprint density at radius 2 is 1.24 bits per heavy atom. The van der Waals surface area contributed by atoms with Gasteiger partial charge >= 0.3 is 5.97 Å². The third-order valence-electron chi connectivity index (χ3n) is 6.82. The van der Waals surface area contributed by atoms with Crippen molar-refractivity contribution in [1.29, 1.82) is 0 Å². The van der Waals surface area contributed by atoms with Crippen molar-refractivity contribution in [3.63, 3.8) is 0 Å². The molecule has 2 heterocycles. The first-order valence-electron chi connectivity index (χ1n) is 12.7. The summed E-state index contributed by atoms with van der Waals surface area (Å²) in [5.41, 5.74) is 2.96. The molecule has 6 atom stereocenters. The first-order chi connectivity index (χ1) is 18.6. The fourth-order valence-electron chi connectivity index (χ4n) is 4.85. The second-order valence-electron chi connectivity index (χ2n) is 9.38. The molecule has 2 bridgehead atoms. The Labute approximate surface area is 227 Å². The number of hydrogen-bond donors (Lipinski definition) is 1. The van der Waals surface area contributed by atoms with E-state index in [4.69, 9.17) is 23.7 Å². The molecule has 38 heavy (non-hydrogen) atoms. The van der Waals surface area contributed by atoms with Crippen LogP contribution in [0, 0.1) is 0 Å². The predicted molar refractivity (Wildman–Crippen MR) is 143 cm³/mol. The van der Waals surface area contributed by atoms with E-state index >= 15 is 0 Å². The van der Waals surface area contributed by atoms with Gasteiger partial charge in [-0.2, -0.15) is 0 Å². The number of carbonyl (C=O) groups excluding carboxylic acids is 1. The standard InChI is InChI=1S/C30H32O7S/c1-33-29(31)30(32)28-27(36-19-23-15-9-4-10-16-23)26(35-18-22-13-7-3-8-14-22)25(24(37-28)20-38-30)34-17-21-11-5-2-6-12-21/h2-16,24-28,32H,17-20H2,1H3. The van der Waals surface area contributed by atoms with Gasteiger partial charge in [-0.05, 0) is 16.7 Å². The highest BCUT2D eigenvalue weighted by Crippen LogP contribution is 2.45. The number of thioether (sulfide) groups is 1. The molecule has 0 aliphatic carbocycles. The van der Waals surface area contributed by atoms with E-state index < -0.39 is 41.4 Å². The fourth-order valence-corrected chi connectivity index (χ4v) is 6.09. The summed E-state index contributed by atoms with van der Waals surface area (Å²) in [5, 5.41) is 11.5. The molecule has 1 N–H and O–H groups in total. The molecular formula is C30H32O7S. The quantitative estimate of drug-likeness (QED) is 0.388. The molecule has 7 nitrogen and oxygen atoms in total. The highest BCUT2D eigenvalue weighted by molar-refractivity contribution is 8.01. The highest BCUT2D eigenvalue weighted by atomic mass is 32.2. The zero-order valence-corrected chi connectivity index (χ0v) is 22.0. The lowest BCUT2D eigenvalue weighted by atomic mass is 9.90. The lowest BCUT2D eigenvalue weighted by molar-refractivity contribution is -0.283. The Hall–Kier alpha value is -2.72. The van der Waals surface area contributed by atoms with Crippen LogP contribution in [0.4, 0.5) is 0 Å². The highest BCUT2D eigenvalue weighted by Gasteiger charge is 2.62. The van der Waals surface area contributed by atoms with Crippen LogP contribution >= 0.6 is 11.8 Å². The lowest BCUT2D eigenvalue weighted by Crippen LogP contribution is -2.70. The first-order valence-corrected chi connectivity index (χ1v) is 13.6. The van der Waals surface area contributed by atoms with Crippen LogP contribution in [0.5, 0.6) is 0 Å². The average molecular weight is 537 g/mol. The van der Waals surface area contributed by atoms with E-state index in [2.05, 4.69) is 0 Å². The normalized spacial score (nSPS) is 28.5. The van der Waals surface area contributed by atoms with Crippen molar-refractivity contribution in [2.45, 2.75) is 55.3 Å². The van der Waals surface area contributed by atoms with Crippen LogP contribution < -0.4 is 0 Å². The van der Waals surface area contributed by atoms with Crippen molar-refractivity contribution in [2.24, 2.45) is 0 Å². The van der Waals surface area contributed by atoms with Crippen LogP contribution in [-0.4, -0.2) is 59.4 Å². The minimum atomic E-state index is -1.94. The molecule has 0 saturated carbocycles. The van der Waals surface area contributed by atoms with Crippen molar-refractivity contribution < 1.29 is 33.6 Å². The molecule has 0 spiro atoms. The second-order valence-corrected chi connectivity index (χ2v) is 10.6. The summed E-state index contributed by atoms with van der Waals surface area (Å²) in [4.78, 5) is 10.8. The maximum Gasteiger partial charge on any atom is 0.351 e.